The first kappa shape index (κ1) is 11.5. The zero-order valence-corrected chi connectivity index (χ0v) is 10.8. The van der Waals surface area contributed by atoms with Crippen LogP contribution in [0.15, 0.2) is 28.8 Å². The van der Waals surface area contributed by atoms with Gasteiger partial charge in [0.15, 0.2) is 11.5 Å². The predicted octanol–water partition coefficient (Wildman–Crippen LogP) is 2.84. The number of hydrogen-bond donors (Lipinski definition) is 1. The van der Waals surface area contributed by atoms with Crippen LogP contribution in [0.4, 0.5) is 0 Å². The van der Waals surface area contributed by atoms with Crippen LogP contribution in [-0.2, 0) is 6.54 Å². The highest BCUT2D eigenvalue weighted by Gasteiger charge is 2.17. The summed E-state index contributed by atoms with van der Waals surface area (Å²) in [6.45, 7) is 7.77. The lowest BCUT2D eigenvalue weighted by Crippen LogP contribution is -2.15. The van der Waals surface area contributed by atoms with Crippen LogP contribution in [0.1, 0.15) is 12.5 Å². The third-order valence-electron chi connectivity index (χ3n) is 2.24. The largest absolute Gasteiger partial charge is 0.454 e. The van der Waals surface area contributed by atoms with Crippen molar-refractivity contribution in [2.24, 2.45) is 0 Å². The Morgan fingerprint density at radius 1 is 1.50 bits per heavy atom. The molecule has 0 unspecified atom stereocenters. The number of rotatable bonds is 4. The fraction of sp³-hybridized carbons (Fsp3) is 0.333. The number of hydrogen-bond acceptors (Lipinski definition) is 3. The zero-order valence-electron chi connectivity index (χ0n) is 9.18. The van der Waals surface area contributed by atoms with E-state index in [1.165, 1.54) is 0 Å². The van der Waals surface area contributed by atoms with E-state index in [2.05, 4.69) is 27.8 Å². The van der Waals surface area contributed by atoms with Crippen LogP contribution in [0.2, 0.25) is 0 Å². The van der Waals surface area contributed by atoms with Crippen molar-refractivity contribution < 1.29 is 9.47 Å². The van der Waals surface area contributed by atoms with Gasteiger partial charge in [-0.05, 0) is 40.5 Å². The fourth-order valence-corrected chi connectivity index (χ4v) is 2.15. The lowest BCUT2D eigenvalue weighted by atomic mass is 10.2. The van der Waals surface area contributed by atoms with Crippen LogP contribution in [-0.4, -0.2) is 13.3 Å². The molecule has 16 heavy (non-hydrogen) atoms. The number of halogens is 1. The minimum Gasteiger partial charge on any atom is -0.454 e. The fourth-order valence-electron chi connectivity index (χ4n) is 1.54. The van der Waals surface area contributed by atoms with E-state index < -0.39 is 0 Å². The van der Waals surface area contributed by atoms with Gasteiger partial charge in [0.05, 0.1) is 4.47 Å². The maximum Gasteiger partial charge on any atom is 0.231 e. The molecule has 0 radical (unpaired) electrons. The molecule has 86 valence electrons. The van der Waals surface area contributed by atoms with Crippen LogP contribution in [0.5, 0.6) is 11.5 Å². The second-order valence-electron chi connectivity index (χ2n) is 3.87. The molecule has 0 aliphatic carbocycles. The normalized spacial score (nSPS) is 12.9. The summed E-state index contributed by atoms with van der Waals surface area (Å²) < 4.78 is 11.6. The summed E-state index contributed by atoms with van der Waals surface area (Å²) in [4.78, 5) is 0. The minimum absolute atomic E-state index is 0.302. The number of nitrogens with one attached hydrogen (secondary N) is 1. The standard InChI is InChI=1S/C12H14BrNO2/c1-8(2)5-14-6-9-3-10(13)12-11(4-9)15-7-16-12/h3-4,14H,1,5-7H2,2H3. The molecule has 1 aromatic carbocycles. The van der Waals surface area contributed by atoms with Crippen molar-refractivity contribution in [1.29, 1.82) is 0 Å². The van der Waals surface area contributed by atoms with Crippen molar-refractivity contribution in [2.75, 3.05) is 13.3 Å². The average molecular weight is 284 g/mol. The van der Waals surface area contributed by atoms with E-state index in [1.54, 1.807) is 0 Å². The molecule has 4 heteroatoms. The highest BCUT2D eigenvalue weighted by atomic mass is 79.9. The number of ether oxygens (including phenoxy) is 2. The Bertz CT molecular complexity index is 418. The molecule has 3 nitrogen and oxygen atoms in total. The Balaban J connectivity index is 2.05. The van der Waals surface area contributed by atoms with Crippen LogP contribution < -0.4 is 14.8 Å². The molecule has 0 bridgehead atoms. The third-order valence-corrected chi connectivity index (χ3v) is 2.83. The van der Waals surface area contributed by atoms with Crippen molar-refractivity contribution in [2.45, 2.75) is 13.5 Å². The van der Waals surface area contributed by atoms with E-state index in [4.69, 9.17) is 9.47 Å². The molecule has 0 fully saturated rings. The van der Waals surface area contributed by atoms with Gasteiger partial charge in [-0.15, -0.1) is 0 Å². The van der Waals surface area contributed by atoms with Gasteiger partial charge in [0.1, 0.15) is 0 Å². The van der Waals surface area contributed by atoms with Crippen molar-refractivity contribution in [1.82, 2.24) is 5.32 Å². The van der Waals surface area contributed by atoms with Gasteiger partial charge in [-0.25, -0.2) is 0 Å². The van der Waals surface area contributed by atoms with Gasteiger partial charge in [-0.2, -0.15) is 0 Å². The summed E-state index contributed by atoms with van der Waals surface area (Å²) in [5.74, 6) is 1.60. The number of benzene rings is 1. The molecule has 0 spiro atoms. The minimum atomic E-state index is 0.302. The topological polar surface area (TPSA) is 30.5 Å². The van der Waals surface area contributed by atoms with E-state index in [-0.39, 0.29) is 0 Å². The predicted molar refractivity (Wildman–Crippen MR) is 66.8 cm³/mol. The summed E-state index contributed by atoms with van der Waals surface area (Å²) in [7, 11) is 0. The van der Waals surface area contributed by atoms with Crippen LogP contribution in [0.3, 0.4) is 0 Å². The van der Waals surface area contributed by atoms with Gasteiger partial charge < -0.3 is 14.8 Å². The van der Waals surface area contributed by atoms with Gasteiger partial charge in [-0.1, -0.05) is 12.2 Å². The SMILES string of the molecule is C=C(C)CNCc1cc(Br)c2c(c1)OCO2. The molecule has 0 saturated carbocycles. The second-order valence-corrected chi connectivity index (χ2v) is 4.73. The molecular formula is C12H14BrNO2. The second kappa shape index (κ2) is 4.89. The molecule has 0 saturated heterocycles. The molecule has 0 aromatic heterocycles. The Labute approximate surface area is 104 Å². The number of fused-ring (bicyclic) bond motifs is 1. The van der Waals surface area contributed by atoms with Gasteiger partial charge in [0, 0.05) is 13.1 Å². The van der Waals surface area contributed by atoms with Crippen LogP contribution in [0, 0.1) is 0 Å². The lowest BCUT2D eigenvalue weighted by Gasteiger charge is -2.07. The van der Waals surface area contributed by atoms with Gasteiger partial charge >= 0.3 is 0 Å². The Morgan fingerprint density at radius 2 is 2.31 bits per heavy atom. The van der Waals surface area contributed by atoms with E-state index >= 15 is 0 Å². The highest BCUT2D eigenvalue weighted by molar-refractivity contribution is 9.10. The molecule has 1 heterocycles. The maximum absolute atomic E-state index is 5.35. The quantitative estimate of drug-likeness (QED) is 0.862. The first-order valence-electron chi connectivity index (χ1n) is 5.10. The Hall–Kier alpha value is -1.00. The summed E-state index contributed by atoms with van der Waals surface area (Å²) >= 11 is 3.47. The molecule has 1 aliphatic rings. The van der Waals surface area contributed by atoms with Crippen molar-refractivity contribution >= 4 is 15.9 Å². The van der Waals surface area contributed by atoms with Crippen LogP contribution in [0.25, 0.3) is 0 Å². The third kappa shape index (κ3) is 2.57. The maximum atomic E-state index is 5.35. The molecule has 0 amide bonds. The Morgan fingerprint density at radius 3 is 3.06 bits per heavy atom. The molecule has 1 N–H and O–H groups in total. The van der Waals surface area contributed by atoms with Crippen molar-refractivity contribution in [3.63, 3.8) is 0 Å². The Kier molecular flexibility index (Phi) is 3.51. The summed E-state index contributed by atoms with van der Waals surface area (Å²) in [5, 5.41) is 3.30. The van der Waals surface area contributed by atoms with E-state index in [0.29, 0.717) is 6.79 Å². The van der Waals surface area contributed by atoms with Gasteiger partial charge in [-0.3, -0.25) is 0 Å². The van der Waals surface area contributed by atoms with Gasteiger partial charge in [0.25, 0.3) is 0 Å². The molecule has 1 aliphatic heterocycles. The van der Waals surface area contributed by atoms with Crippen molar-refractivity contribution in [3.8, 4) is 11.5 Å². The highest BCUT2D eigenvalue weighted by Crippen LogP contribution is 2.39. The van der Waals surface area contributed by atoms with Crippen LogP contribution >= 0.6 is 15.9 Å². The summed E-state index contributed by atoms with van der Waals surface area (Å²) in [6.07, 6.45) is 0. The first-order valence-corrected chi connectivity index (χ1v) is 5.89. The average Bonchev–Trinajstić information content (AvgIpc) is 2.65. The monoisotopic (exact) mass is 283 g/mol. The molecule has 2 rings (SSSR count). The van der Waals surface area contributed by atoms with E-state index in [9.17, 15) is 0 Å². The van der Waals surface area contributed by atoms with Gasteiger partial charge in [0.2, 0.25) is 6.79 Å². The summed E-state index contributed by atoms with van der Waals surface area (Å²) in [6, 6.07) is 4.04. The van der Waals surface area contributed by atoms with E-state index in [1.807, 2.05) is 19.1 Å². The molecular weight excluding hydrogens is 270 g/mol. The zero-order chi connectivity index (χ0) is 11.5. The molecule has 1 aromatic rings. The van der Waals surface area contributed by atoms with Crippen molar-refractivity contribution in [3.05, 3.63) is 34.3 Å². The summed E-state index contributed by atoms with van der Waals surface area (Å²) in [5.41, 5.74) is 2.29. The first-order chi connectivity index (χ1) is 7.66. The smallest absolute Gasteiger partial charge is 0.231 e. The van der Waals surface area contributed by atoms with E-state index in [0.717, 1.165) is 40.2 Å². The lowest BCUT2D eigenvalue weighted by molar-refractivity contribution is 0.173. The molecule has 0 atom stereocenters.